The molecule has 2 heterocycles. The van der Waals surface area contributed by atoms with Gasteiger partial charge in [-0.05, 0) is 37.1 Å². The molecule has 0 saturated carbocycles. The number of amides is 2. The van der Waals surface area contributed by atoms with Crippen LogP contribution in [0.15, 0.2) is 48.7 Å². The molecule has 27 heavy (non-hydrogen) atoms. The van der Waals surface area contributed by atoms with Crippen LogP contribution >= 0.6 is 0 Å². The molecule has 8 nitrogen and oxygen atoms in total. The number of carbonyl (C=O) groups excluding carboxylic acids is 2. The van der Waals surface area contributed by atoms with Crippen LogP contribution in [-0.4, -0.2) is 39.7 Å². The zero-order valence-electron chi connectivity index (χ0n) is 14.7. The van der Waals surface area contributed by atoms with Crippen molar-refractivity contribution in [3.05, 3.63) is 70.0 Å². The highest BCUT2D eigenvalue weighted by Crippen LogP contribution is 2.20. The van der Waals surface area contributed by atoms with E-state index in [1.165, 1.54) is 24.3 Å². The van der Waals surface area contributed by atoms with Gasteiger partial charge in [0.25, 0.3) is 11.6 Å². The summed E-state index contributed by atoms with van der Waals surface area (Å²) in [6, 6.07) is 11.1. The fourth-order valence-corrected chi connectivity index (χ4v) is 3.08. The molecule has 0 aliphatic carbocycles. The second-order valence-electron chi connectivity index (χ2n) is 6.41. The Morgan fingerprint density at radius 1 is 1.15 bits per heavy atom. The first-order chi connectivity index (χ1) is 13.0. The average molecular weight is 368 g/mol. The minimum absolute atomic E-state index is 0.0249. The smallest absolute Gasteiger partial charge is 0.269 e. The summed E-state index contributed by atoms with van der Waals surface area (Å²) >= 11 is 0. The largest absolute Gasteiger partial charge is 0.350 e. The van der Waals surface area contributed by atoms with Crippen molar-refractivity contribution in [2.45, 2.75) is 19.4 Å². The molecule has 0 bridgehead atoms. The van der Waals surface area contributed by atoms with Crippen molar-refractivity contribution in [3.63, 3.8) is 0 Å². The van der Waals surface area contributed by atoms with Gasteiger partial charge >= 0.3 is 0 Å². The Morgan fingerprint density at radius 3 is 2.44 bits per heavy atom. The lowest BCUT2D eigenvalue weighted by molar-refractivity contribution is -0.384. The number of nitrogens with zero attached hydrogens (tertiary/aromatic N) is 3. The normalized spacial score (nSPS) is 14.6. The minimum Gasteiger partial charge on any atom is -0.350 e. The number of piperidine rings is 1. The summed E-state index contributed by atoms with van der Waals surface area (Å²) in [5.74, 6) is -0.324. The molecule has 0 spiro atoms. The van der Waals surface area contributed by atoms with Gasteiger partial charge in [0.1, 0.15) is 0 Å². The molecule has 1 aliphatic rings. The van der Waals surface area contributed by atoms with E-state index in [9.17, 15) is 19.7 Å². The standard InChI is InChI=1S/C19H20N4O4/c24-18(21-13-16-3-1-2-10-20-16)14-8-11-22(12-9-14)19(25)15-4-6-17(7-5-15)23(26)27/h1-7,10,14H,8-9,11-13H2,(H,21,24). The van der Waals surface area contributed by atoms with Gasteiger partial charge in [0.2, 0.25) is 5.91 Å². The molecule has 1 saturated heterocycles. The van der Waals surface area contributed by atoms with E-state index in [0.29, 0.717) is 38.0 Å². The van der Waals surface area contributed by atoms with Gasteiger partial charge in [-0.1, -0.05) is 6.07 Å². The second-order valence-corrected chi connectivity index (χ2v) is 6.41. The topological polar surface area (TPSA) is 105 Å². The van der Waals surface area contributed by atoms with E-state index in [1.807, 2.05) is 18.2 Å². The van der Waals surface area contributed by atoms with E-state index >= 15 is 0 Å². The quantitative estimate of drug-likeness (QED) is 0.643. The number of carbonyl (C=O) groups is 2. The first kappa shape index (κ1) is 18.5. The molecule has 2 amide bonds. The maximum Gasteiger partial charge on any atom is 0.269 e. The minimum atomic E-state index is -0.497. The Labute approximate surface area is 156 Å². The van der Waals surface area contributed by atoms with Crippen LogP contribution in [0.4, 0.5) is 5.69 Å². The molecule has 1 N–H and O–H groups in total. The molecule has 1 aromatic heterocycles. The van der Waals surface area contributed by atoms with E-state index in [-0.39, 0.29) is 23.4 Å². The molecule has 140 valence electrons. The Hall–Kier alpha value is -3.29. The van der Waals surface area contributed by atoms with Crippen LogP contribution in [-0.2, 0) is 11.3 Å². The van der Waals surface area contributed by atoms with Crippen molar-refractivity contribution in [1.29, 1.82) is 0 Å². The highest BCUT2D eigenvalue weighted by atomic mass is 16.6. The van der Waals surface area contributed by atoms with E-state index in [1.54, 1.807) is 11.1 Å². The van der Waals surface area contributed by atoms with Crippen LogP contribution in [0.5, 0.6) is 0 Å². The number of benzene rings is 1. The molecule has 8 heteroatoms. The molecule has 0 atom stereocenters. The van der Waals surface area contributed by atoms with E-state index in [2.05, 4.69) is 10.3 Å². The van der Waals surface area contributed by atoms with Crippen LogP contribution in [0.25, 0.3) is 0 Å². The summed E-state index contributed by atoms with van der Waals surface area (Å²) in [6.45, 7) is 1.36. The fraction of sp³-hybridized carbons (Fsp3) is 0.316. The van der Waals surface area contributed by atoms with Crippen molar-refractivity contribution in [3.8, 4) is 0 Å². The van der Waals surface area contributed by atoms with Crippen molar-refractivity contribution in [2.75, 3.05) is 13.1 Å². The molecular weight excluding hydrogens is 348 g/mol. The van der Waals surface area contributed by atoms with Gasteiger partial charge < -0.3 is 10.2 Å². The summed E-state index contributed by atoms with van der Waals surface area (Å²) < 4.78 is 0. The zero-order chi connectivity index (χ0) is 19.2. The predicted molar refractivity (Wildman–Crippen MR) is 97.8 cm³/mol. The van der Waals surface area contributed by atoms with Gasteiger partial charge in [0.15, 0.2) is 0 Å². The third-order valence-electron chi connectivity index (χ3n) is 4.65. The molecule has 0 radical (unpaired) electrons. The third-order valence-corrected chi connectivity index (χ3v) is 4.65. The number of nitro groups is 1. The summed E-state index contributed by atoms with van der Waals surface area (Å²) in [4.78, 5) is 40.9. The highest BCUT2D eigenvalue weighted by molar-refractivity contribution is 5.94. The molecule has 0 unspecified atom stereocenters. The maximum absolute atomic E-state index is 12.5. The molecule has 1 fully saturated rings. The Morgan fingerprint density at radius 2 is 1.85 bits per heavy atom. The van der Waals surface area contributed by atoms with Gasteiger partial charge in [-0.3, -0.25) is 24.7 Å². The van der Waals surface area contributed by atoms with Crippen molar-refractivity contribution in [2.24, 2.45) is 5.92 Å². The van der Waals surface area contributed by atoms with Crippen LogP contribution in [0, 0.1) is 16.0 Å². The number of non-ortho nitro benzene ring substituents is 1. The average Bonchev–Trinajstić information content (AvgIpc) is 2.72. The van der Waals surface area contributed by atoms with Crippen molar-refractivity contribution in [1.82, 2.24) is 15.2 Å². The van der Waals surface area contributed by atoms with E-state index in [0.717, 1.165) is 5.69 Å². The van der Waals surface area contributed by atoms with Gasteiger partial charge in [0, 0.05) is 42.9 Å². The lowest BCUT2D eigenvalue weighted by Gasteiger charge is -2.31. The Kier molecular flexibility index (Phi) is 5.75. The number of hydrogen-bond acceptors (Lipinski definition) is 5. The SMILES string of the molecule is O=C(NCc1ccccn1)C1CCN(C(=O)c2ccc([N+](=O)[O-])cc2)CC1. The summed E-state index contributed by atoms with van der Waals surface area (Å²) in [5, 5.41) is 13.6. The summed E-state index contributed by atoms with van der Waals surface area (Å²) in [7, 11) is 0. The van der Waals surface area contributed by atoms with Crippen LogP contribution in [0.1, 0.15) is 28.9 Å². The fourth-order valence-electron chi connectivity index (χ4n) is 3.08. The lowest BCUT2D eigenvalue weighted by atomic mass is 9.95. The monoisotopic (exact) mass is 368 g/mol. The first-order valence-electron chi connectivity index (χ1n) is 8.76. The molecule has 3 rings (SSSR count). The number of hydrogen-bond donors (Lipinski definition) is 1. The molecular formula is C19H20N4O4. The summed E-state index contributed by atoms with van der Waals surface area (Å²) in [6.07, 6.45) is 2.86. The van der Waals surface area contributed by atoms with E-state index in [4.69, 9.17) is 0 Å². The highest BCUT2D eigenvalue weighted by Gasteiger charge is 2.27. The number of aromatic nitrogens is 1. The number of likely N-dealkylation sites (tertiary alicyclic amines) is 1. The summed E-state index contributed by atoms with van der Waals surface area (Å²) in [5.41, 5.74) is 1.17. The maximum atomic E-state index is 12.5. The van der Waals surface area contributed by atoms with E-state index < -0.39 is 4.92 Å². The molecule has 2 aromatic rings. The van der Waals surface area contributed by atoms with Crippen LogP contribution < -0.4 is 5.32 Å². The third kappa shape index (κ3) is 4.66. The van der Waals surface area contributed by atoms with Crippen molar-refractivity contribution >= 4 is 17.5 Å². The number of nitrogens with one attached hydrogen (secondary N) is 1. The van der Waals surface area contributed by atoms with Gasteiger partial charge in [-0.25, -0.2) is 0 Å². The molecule has 1 aliphatic heterocycles. The van der Waals surface area contributed by atoms with Gasteiger partial charge in [-0.2, -0.15) is 0 Å². The Balaban J connectivity index is 1.49. The van der Waals surface area contributed by atoms with Gasteiger partial charge in [-0.15, -0.1) is 0 Å². The zero-order valence-corrected chi connectivity index (χ0v) is 14.7. The van der Waals surface area contributed by atoms with Crippen molar-refractivity contribution < 1.29 is 14.5 Å². The predicted octanol–water partition coefficient (Wildman–Crippen LogP) is 2.16. The second kappa shape index (κ2) is 8.39. The number of pyridine rings is 1. The van der Waals surface area contributed by atoms with Crippen LogP contribution in [0.3, 0.4) is 0 Å². The number of nitro benzene ring substituents is 1. The lowest BCUT2D eigenvalue weighted by Crippen LogP contribution is -2.43. The molecule has 1 aromatic carbocycles. The van der Waals surface area contributed by atoms with Gasteiger partial charge in [0.05, 0.1) is 17.2 Å². The Bertz CT molecular complexity index is 815. The first-order valence-corrected chi connectivity index (χ1v) is 8.76. The van der Waals surface area contributed by atoms with Crippen LogP contribution in [0.2, 0.25) is 0 Å². The number of rotatable bonds is 5.